The fourth-order valence-electron chi connectivity index (χ4n) is 3.05. The highest BCUT2D eigenvalue weighted by Gasteiger charge is 2.34. The largest absolute Gasteiger partial charge is 0.360 e. The van der Waals surface area contributed by atoms with E-state index in [0.29, 0.717) is 0 Å². The van der Waals surface area contributed by atoms with Gasteiger partial charge in [0.15, 0.2) is 0 Å². The summed E-state index contributed by atoms with van der Waals surface area (Å²) in [5.74, 6) is 0.0228. The van der Waals surface area contributed by atoms with Crippen LogP contribution in [0.15, 0.2) is 0 Å². The molecule has 132 valence electrons. The Morgan fingerprint density at radius 3 is 1.50 bits per heavy atom. The van der Waals surface area contributed by atoms with Crippen molar-refractivity contribution < 1.29 is 9.47 Å². The highest BCUT2D eigenvalue weighted by Crippen LogP contribution is 2.61. The molecule has 0 heterocycles. The van der Waals surface area contributed by atoms with Crippen molar-refractivity contribution in [2.24, 2.45) is 0 Å². The number of hydrogen-bond donors (Lipinski definition) is 0. The van der Waals surface area contributed by atoms with E-state index in [4.69, 9.17) is 9.47 Å². The van der Waals surface area contributed by atoms with Crippen LogP contribution in [0.1, 0.15) is 65.7 Å². The fraction of sp³-hybridized carbons (Fsp3) is 1.00. The van der Waals surface area contributed by atoms with E-state index in [1.54, 1.807) is 32.7 Å². The molecule has 0 aromatic carbocycles. The molecule has 0 fully saturated rings. The Bertz CT molecular complexity index is 213. The summed E-state index contributed by atoms with van der Waals surface area (Å²) in [5.41, 5.74) is 0. The molecule has 0 saturated heterocycles. The van der Waals surface area contributed by atoms with Gasteiger partial charge in [-0.15, -0.1) is 0 Å². The predicted octanol–water partition coefficient (Wildman–Crippen LogP) is 5.49. The van der Waals surface area contributed by atoms with Gasteiger partial charge in [-0.25, -0.2) is 0 Å². The monoisotopic (exact) mass is 347 g/mol. The topological polar surface area (TPSA) is 18.5 Å². The first-order chi connectivity index (χ1) is 10.7. The van der Waals surface area contributed by atoms with Crippen LogP contribution in [0.4, 0.5) is 0 Å². The minimum Gasteiger partial charge on any atom is -0.360 e. The van der Waals surface area contributed by atoms with Gasteiger partial charge in [-0.1, -0.05) is 46.1 Å². The summed E-state index contributed by atoms with van der Waals surface area (Å²) < 4.78 is 10.7. The molecule has 0 aliphatic rings. The summed E-state index contributed by atoms with van der Waals surface area (Å²) in [6.45, 7) is 7.03. The van der Waals surface area contributed by atoms with E-state index >= 15 is 0 Å². The lowest BCUT2D eigenvalue weighted by Gasteiger charge is -2.28. The number of methoxy groups -OCH3 is 2. The smallest absolute Gasteiger partial charge is 0.136 e. The van der Waals surface area contributed by atoms with Crippen molar-refractivity contribution in [3.8, 4) is 0 Å². The minimum atomic E-state index is -0.700. The molecule has 0 rings (SSSR count). The highest BCUT2D eigenvalue weighted by molar-refractivity contribution is 7.75. The maximum absolute atomic E-state index is 5.33. The third-order valence-electron chi connectivity index (χ3n) is 4.51. The van der Waals surface area contributed by atoms with Crippen LogP contribution in [0.5, 0.6) is 0 Å². The normalized spacial score (nSPS) is 12.3. The van der Waals surface area contributed by atoms with Gasteiger partial charge >= 0.3 is 0 Å². The number of rotatable bonds is 16. The molecule has 0 saturated carbocycles. The fourth-order valence-corrected chi connectivity index (χ4v) is 9.43. The van der Waals surface area contributed by atoms with Crippen LogP contribution in [0.25, 0.3) is 0 Å². The zero-order valence-corrected chi connectivity index (χ0v) is 17.7. The van der Waals surface area contributed by atoms with Gasteiger partial charge < -0.3 is 9.47 Å². The van der Waals surface area contributed by atoms with Gasteiger partial charge in [-0.05, 0) is 25.7 Å². The Kier molecular flexibility index (Phi) is 15.5. The van der Waals surface area contributed by atoms with Crippen LogP contribution in [0.2, 0.25) is 6.04 Å². The van der Waals surface area contributed by atoms with E-state index in [1.807, 2.05) is 0 Å². The lowest BCUT2D eigenvalue weighted by molar-refractivity contribution is -0.0441. The Labute approximate surface area is 143 Å². The third kappa shape index (κ3) is 10.4. The van der Waals surface area contributed by atoms with Crippen molar-refractivity contribution in [1.29, 1.82) is 0 Å². The molecule has 0 bridgehead atoms. The molecule has 0 unspecified atom stereocenters. The Morgan fingerprint density at radius 1 is 0.727 bits per heavy atom. The first-order valence-corrected chi connectivity index (χ1v) is 13.1. The molecule has 0 spiro atoms. The maximum atomic E-state index is 5.33. The molecule has 4 heteroatoms. The van der Waals surface area contributed by atoms with Crippen LogP contribution in [0.3, 0.4) is 0 Å². The van der Waals surface area contributed by atoms with E-state index in [-0.39, 0.29) is 5.91 Å². The van der Waals surface area contributed by atoms with Crippen LogP contribution < -0.4 is 0 Å². The third-order valence-corrected chi connectivity index (χ3v) is 11.0. The van der Waals surface area contributed by atoms with Crippen molar-refractivity contribution in [1.82, 2.24) is 0 Å². The molecule has 2 radical (unpaired) electrons. The van der Waals surface area contributed by atoms with Gasteiger partial charge in [-0.2, -0.15) is 0 Å². The first-order valence-electron chi connectivity index (χ1n) is 9.32. The molecule has 2 nitrogen and oxygen atoms in total. The summed E-state index contributed by atoms with van der Waals surface area (Å²) in [6, 6.07) is 1.28. The Hall–Kier alpha value is 0.567. The highest BCUT2D eigenvalue weighted by atomic mass is 31.2. The van der Waals surface area contributed by atoms with Crippen LogP contribution >= 0.6 is 7.26 Å². The lowest BCUT2D eigenvalue weighted by atomic mass is 10.4. The van der Waals surface area contributed by atoms with E-state index in [1.165, 1.54) is 57.2 Å². The summed E-state index contributed by atoms with van der Waals surface area (Å²) in [7, 11) is 3.59. The van der Waals surface area contributed by atoms with Gasteiger partial charge in [0, 0.05) is 21.5 Å². The Balaban J connectivity index is 4.44. The van der Waals surface area contributed by atoms with Gasteiger partial charge in [0.2, 0.25) is 0 Å². The van der Waals surface area contributed by atoms with Gasteiger partial charge in [-0.3, -0.25) is 0 Å². The molecule has 0 aliphatic carbocycles. The maximum Gasteiger partial charge on any atom is 0.136 e. The van der Waals surface area contributed by atoms with E-state index < -0.39 is 7.26 Å². The van der Waals surface area contributed by atoms with Crippen LogP contribution in [-0.4, -0.2) is 54.3 Å². The number of ether oxygens (including phenoxy) is 2. The van der Waals surface area contributed by atoms with Crippen molar-refractivity contribution in [3.63, 3.8) is 0 Å². The quantitative estimate of drug-likeness (QED) is 0.159. The molecule has 0 amide bonds. The average Bonchev–Trinajstić information content (AvgIpc) is 2.56. The van der Waals surface area contributed by atoms with Crippen LogP contribution in [-0.2, 0) is 9.47 Å². The molecule has 22 heavy (non-hydrogen) atoms. The molecule has 0 N–H and O–H groups in total. The zero-order valence-electron chi connectivity index (χ0n) is 15.8. The van der Waals surface area contributed by atoms with Crippen molar-refractivity contribution in [3.05, 3.63) is 0 Å². The summed E-state index contributed by atoms with van der Waals surface area (Å²) in [6.07, 6.45) is 15.9. The zero-order chi connectivity index (χ0) is 16.7. The molecular formula is C18H40O2PSi+. The van der Waals surface area contributed by atoms with E-state index in [9.17, 15) is 0 Å². The SMILES string of the molecule is CCCC[P+](CCCC)(CCCC)CCC[Si]C(OC)OC. The van der Waals surface area contributed by atoms with Gasteiger partial charge in [0.1, 0.15) is 15.4 Å². The van der Waals surface area contributed by atoms with Gasteiger partial charge in [0.25, 0.3) is 0 Å². The second-order valence-electron chi connectivity index (χ2n) is 6.41. The predicted molar refractivity (Wildman–Crippen MR) is 104 cm³/mol. The molecule has 0 aromatic heterocycles. The molecule has 0 atom stereocenters. The van der Waals surface area contributed by atoms with Crippen molar-refractivity contribution >= 4 is 16.8 Å². The molecule has 0 aliphatic heterocycles. The summed E-state index contributed by atoms with van der Waals surface area (Å²) in [4.78, 5) is 0. The average molecular weight is 348 g/mol. The van der Waals surface area contributed by atoms with Crippen molar-refractivity contribution in [2.45, 2.75) is 77.7 Å². The number of hydrogen-bond acceptors (Lipinski definition) is 2. The molecule has 0 aromatic rings. The molecular weight excluding hydrogens is 307 g/mol. The van der Waals surface area contributed by atoms with Crippen LogP contribution in [0, 0.1) is 0 Å². The standard InChI is InChI=1S/C18H40O2PSi/c1-6-9-13-21(14-10-7-2,15-11-8-3)16-12-17-22-18(19-4)20-5/h18H,6-17H2,1-5H3/q+1. The summed E-state index contributed by atoms with van der Waals surface area (Å²) >= 11 is 0. The lowest BCUT2D eigenvalue weighted by Crippen LogP contribution is -2.21. The second kappa shape index (κ2) is 15.1. The van der Waals surface area contributed by atoms with Gasteiger partial charge in [0.05, 0.1) is 24.6 Å². The number of unbranched alkanes of at least 4 members (excludes halogenated alkanes) is 3. The van der Waals surface area contributed by atoms with E-state index in [0.717, 1.165) is 9.52 Å². The first kappa shape index (κ1) is 22.6. The summed E-state index contributed by atoms with van der Waals surface area (Å²) in [5, 5.41) is 0. The Morgan fingerprint density at radius 2 is 1.14 bits per heavy atom. The van der Waals surface area contributed by atoms with Crippen molar-refractivity contribution in [2.75, 3.05) is 38.9 Å². The minimum absolute atomic E-state index is 0.0228. The second-order valence-corrected chi connectivity index (χ2v) is 12.3. The van der Waals surface area contributed by atoms with E-state index in [2.05, 4.69) is 20.8 Å².